The molecule has 0 aliphatic carbocycles. The van der Waals surface area contributed by atoms with Crippen molar-refractivity contribution in [2.24, 2.45) is 0 Å². The number of carbonyl (C=O) groups is 1. The van der Waals surface area contributed by atoms with E-state index in [0.717, 1.165) is 50.4 Å². The van der Waals surface area contributed by atoms with Crippen LogP contribution in [0.5, 0.6) is 0 Å². The van der Waals surface area contributed by atoms with Crippen molar-refractivity contribution in [2.45, 2.75) is 45.2 Å². The molecular weight excluding hydrogens is 312 g/mol. The van der Waals surface area contributed by atoms with Crippen LogP contribution in [0.1, 0.15) is 50.0 Å². The summed E-state index contributed by atoms with van der Waals surface area (Å²) in [5, 5.41) is 3.54. The summed E-state index contributed by atoms with van der Waals surface area (Å²) in [7, 11) is 0. The fourth-order valence-electron chi connectivity index (χ4n) is 3.67. The molecule has 0 radical (unpaired) electrons. The molecule has 1 amide bonds. The molecule has 2 heterocycles. The molecule has 1 aliphatic heterocycles. The number of nitrogens with zero attached hydrogens (tertiary/aromatic N) is 3. The van der Waals surface area contributed by atoms with Crippen LogP contribution in [0.2, 0.25) is 0 Å². The van der Waals surface area contributed by atoms with Crippen LogP contribution in [0.15, 0.2) is 42.7 Å². The molecule has 1 aliphatic rings. The fourth-order valence-corrected chi connectivity index (χ4v) is 3.67. The Kier molecular flexibility index (Phi) is 5.87. The fraction of sp³-hybridized carbons (Fsp3) is 0.500. The lowest BCUT2D eigenvalue weighted by Crippen LogP contribution is -2.42. The highest BCUT2D eigenvalue weighted by Crippen LogP contribution is 2.26. The van der Waals surface area contributed by atoms with Crippen molar-refractivity contribution in [1.82, 2.24) is 19.8 Å². The predicted molar refractivity (Wildman–Crippen MR) is 99.3 cm³/mol. The maximum atomic E-state index is 13.0. The molecule has 2 aromatic rings. The second-order valence-corrected chi connectivity index (χ2v) is 6.58. The van der Waals surface area contributed by atoms with E-state index in [-0.39, 0.29) is 11.9 Å². The minimum absolute atomic E-state index is 0.148. The minimum Gasteiger partial charge on any atom is -0.342 e. The lowest BCUT2D eigenvalue weighted by atomic mass is 9.97. The molecular formula is C20H28N4O. The molecule has 5 nitrogen and oxygen atoms in total. The number of benzene rings is 1. The second-order valence-electron chi connectivity index (χ2n) is 6.58. The average Bonchev–Trinajstić information content (AvgIpc) is 3.13. The highest BCUT2D eigenvalue weighted by atomic mass is 16.2. The Balaban J connectivity index is 1.76. The Morgan fingerprint density at radius 1 is 1.32 bits per heavy atom. The minimum atomic E-state index is -0.300. The van der Waals surface area contributed by atoms with Crippen molar-refractivity contribution in [3.8, 4) is 0 Å². The Morgan fingerprint density at radius 2 is 2.08 bits per heavy atom. The molecule has 0 fully saturated rings. The number of nitrogens with one attached hydrogen (secondary N) is 1. The summed E-state index contributed by atoms with van der Waals surface area (Å²) in [5.41, 5.74) is 1.03. The maximum Gasteiger partial charge on any atom is 0.244 e. The molecule has 25 heavy (non-hydrogen) atoms. The Morgan fingerprint density at radius 3 is 2.80 bits per heavy atom. The zero-order chi connectivity index (χ0) is 17.6. The highest BCUT2D eigenvalue weighted by Gasteiger charge is 2.27. The number of aromatic nitrogens is 2. The van der Waals surface area contributed by atoms with E-state index in [9.17, 15) is 4.79 Å². The normalized spacial score (nSPS) is 17.8. The van der Waals surface area contributed by atoms with Gasteiger partial charge in [0.1, 0.15) is 11.9 Å². The molecule has 2 atom stereocenters. The molecule has 0 bridgehead atoms. The number of aryl methyl sites for hydroxylation is 1. The summed E-state index contributed by atoms with van der Waals surface area (Å²) in [6.07, 6.45) is 6.21. The van der Waals surface area contributed by atoms with Crippen molar-refractivity contribution >= 4 is 5.91 Å². The van der Waals surface area contributed by atoms with Gasteiger partial charge in [0.2, 0.25) is 5.91 Å². The van der Waals surface area contributed by atoms with Gasteiger partial charge in [-0.25, -0.2) is 4.98 Å². The van der Waals surface area contributed by atoms with Gasteiger partial charge in [0.25, 0.3) is 0 Å². The first-order valence-electron chi connectivity index (χ1n) is 9.32. The SMILES string of the molecule is CCN(CC)C(=O)[C@H](NC[C@@H]1CCCn2ccnc21)c1ccccc1. The molecule has 1 aromatic carbocycles. The lowest BCUT2D eigenvalue weighted by Gasteiger charge is -2.29. The van der Waals surface area contributed by atoms with Gasteiger partial charge >= 0.3 is 0 Å². The van der Waals surface area contributed by atoms with Crippen LogP contribution < -0.4 is 5.32 Å². The summed E-state index contributed by atoms with van der Waals surface area (Å²) in [6, 6.07) is 9.73. The first-order valence-corrected chi connectivity index (χ1v) is 9.32. The highest BCUT2D eigenvalue weighted by molar-refractivity contribution is 5.83. The third kappa shape index (κ3) is 3.93. The van der Waals surface area contributed by atoms with E-state index in [1.54, 1.807) is 0 Å². The van der Waals surface area contributed by atoms with Gasteiger partial charge in [-0.15, -0.1) is 0 Å². The molecule has 5 heteroatoms. The standard InChI is InChI=1S/C20H28N4O/c1-3-23(4-2)20(25)18(16-9-6-5-7-10-16)22-15-17-11-8-13-24-14-12-21-19(17)24/h5-7,9-10,12,14,17-18,22H,3-4,8,11,13,15H2,1-2H3/t17-,18+/m0/s1. The molecule has 3 rings (SSSR count). The quantitative estimate of drug-likeness (QED) is 0.843. The first-order chi connectivity index (χ1) is 12.2. The maximum absolute atomic E-state index is 13.0. The third-order valence-electron chi connectivity index (χ3n) is 5.09. The van der Waals surface area contributed by atoms with Gasteiger partial charge in [-0.3, -0.25) is 4.79 Å². The van der Waals surface area contributed by atoms with Crippen molar-refractivity contribution in [3.63, 3.8) is 0 Å². The molecule has 0 saturated carbocycles. The summed E-state index contributed by atoms with van der Waals surface area (Å²) in [6.45, 7) is 7.33. The van der Waals surface area contributed by atoms with Gasteiger partial charge < -0.3 is 14.8 Å². The molecule has 0 saturated heterocycles. The van der Waals surface area contributed by atoms with E-state index < -0.39 is 0 Å². The van der Waals surface area contributed by atoms with E-state index >= 15 is 0 Å². The predicted octanol–water partition coefficient (Wildman–Crippen LogP) is 2.96. The summed E-state index contributed by atoms with van der Waals surface area (Å²) >= 11 is 0. The van der Waals surface area contributed by atoms with E-state index in [2.05, 4.69) is 21.1 Å². The van der Waals surface area contributed by atoms with E-state index in [0.29, 0.717) is 5.92 Å². The van der Waals surface area contributed by atoms with Crippen LogP contribution in [-0.4, -0.2) is 40.0 Å². The molecule has 134 valence electrons. The van der Waals surface area contributed by atoms with Crippen LogP contribution in [0.25, 0.3) is 0 Å². The van der Waals surface area contributed by atoms with Crippen LogP contribution in [0, 0.1) is 0 Å². The monoisotopic (exact) mass is 340 g/mol. The summed E-state index contributed by atoms with van der Waals surface area (Å²) in [4.78, 5) is 19.4. The number of likely N-dealkylation sites (N-methyl/N-ethyl adjacent to an activating group) is 1. The number of rotatable bonds is 7. The van der Waals surface area contributed by atoms with Crippen LogP contribution in [0.3, 0.4) is 0 Å². The summed E-state index contributed by atoms with van der Waals surface area (Å²) in [5.74, 6) is 1.65. The smallest absolute Gasteiger partial charge is 0.244 e. The van der Waals surface area contributed by atoms with Crippen molar-refractivity contribution in [3.05, 3.63) is 54.1 Å². The average molecular weight is 340 g/mol. The van der Waals surface area contributed by atoms with Gasteiger partial charge in [0.15, 0.2) is 0 Å². The van der Waals surface area contributed by atoms with Gasteiger partial charge in [-0.05, 0) is 32.3 Å². The number of fused-ring (bicyclic) bond motifs is 1. The Labute approximate surface area is 150 Å². The topological polar surface area (TPSA) is 50.2 Å². The van der Waals surface area contributed by atoms with Crippen LogP contribution in [-0.2, 0) is 11.3 Å². The van der Waals surface area contributed by atoms with Gasteiger partial charge in [0.05, 0.1) is 0 Å². The van der Waals surface area contributed by atoms with Crippen molar-refractivity contribution in [2.75, 3.05) is 19.6 Å². The number of hydrogen-bond donors (Lipinski definition) is 1. The third-order valence-corrected chi connectivity index (χ3v) is 5.09. The number of imidazole rings is 1. The van der Waals surface area contributed by atoms with Gasteiger partial charge in [-0.2, -0.15) is 0 Å². The van der Waals surface area contributed by atoms with Gasteiger partial charge in [0, 0.05) is 44.5 Å². The van der Waals surface area contributed by atoms with E-state index in [1.165, 1.54) is 0 Å². The Bertz CT molecular complexity index is 678. The lowest BCUT2D eigenvalue weighted by molar-refractivity contribution is -0.133. The largest absolute Gasteiger partial charge is 0.342 e. The zero-order valence-corrected chi connectivity index (χ0v) is 15.2. The number of amides is 1. The second kappa shape index (κ2) is 8.30. The molecule has 1 aromatic heterocycles. The molecule has 0 spiro atoms. The molecule has 0 unspecified atom stereocenters. The van der Waals surface area contributed by atoms with Gasteiger partial charge in [-0.1, -0.05) is 30.3 Å². The van der Waals surface area contributed by atoms with Crippen molar-refractivity contribution < 1.29 is 4.79 Å². The van der Waals surface area contributed by atoms with E-state index in [4.69, 9.17) is 0 Å². The Hall–Kier alpha value is -2.14. The zero-order valence-electron chi connectivity index (χ0n) is 15.2. The summed E-state index contributed by atoms with van der Waals surface area (Å²) < 4.78 is 2.24. The van der Waals surface area contributed by atoms with E-state index in [1.807, 2.05) is 55.3 Å². The molecule has 1 N–H and O–H groups in total. The van der Waals surface area contributed by atoms with Crippen molar-refractivity contribution in [1.29, 1.82) is 0 Å². The van der Waals surface area contributed by atoms with Crippen LogP contribution in [0.4, 0.5) is 0 Å². The number of carbonyl (C=O) groups excluding carboxylic acids is 1. The van der Waals surface area contributed by atoms with Crippen LogP contribution >= 0.6 is 0 Å². The first kappa shape index (κ1) is 17.7. The number of hydrogen-bond acceptors (Lipinski definition) is 3.